The van der Waals surface area contributed by atoms with Gasteiger partial charge in [-0.1, -0.05) is 27.2 Å². The number of rotatable bonds is 7. The Hall–Kier alpha value is -2.26. The van der Waals surface area contributed by atoms with Gasteiger partial charge < -0.3 is 4.90 Å². The van der Waals surface area contributed by atoms with Crippen molar-refractivity contribution in [1.82, 2.24) is 14.1 Å². The minimum atomic E-state index is -3.29. The number of nitrogens with zero attached hydrogens (tertiary/aromatic N) is 3. The fourth-order valence-electron chi connectivity index (χ4n) is 3.76. The van der Waals surface area contributed by atoms with Crippen molar-refractivity contribution in [3.05, 3.63) is 34.9 Å². The fraction of sp³-hybridized carbons (Fsp3) is 0.571. The summed E-state index contributed by atoms with van der Waals surface area (Å²) in [6.07, 6.45) is 1.43. The van der Waals surface area contributed by atoms with Crippen molar-refractivity contribution in [3.8, 4) is 0 Å². The highest BCUT2D eigenvalue weighted by atomic mass is 32.2. The molecule has 3 rings (SSSR count). The molecule has 8 nitrogen and oxygen atoms in total. The highest BCUT2D eigenvalue weighted by Crippen LogP contribution is 2.25. The number of amides is 3. The predicted molar refractivity (Wildman–Crippen MR) is 113 cm³/mol. The number of unbranched alkanes of at least 4 members (excludes halogenated alkanes) is 1. The average molecular weight is 436 g/mol. The molecule has 2 aliphatic heterocycles. The molecule has 2 heterocycles. The predicted octanol–water partition coefficient (Wildman–Crippen LogP) is 1.83. The van der Waals surface area contributed by atoms with Crippen LogP contribution in [0.1, 0.15) is 64.7 Å². The lowest BCUT2D eigenvalue weighted by Gasteiger charge is -2.34. The zero-order valence-electron chi connectivity index (χ0n) is 17.8. The summed E-state index contributed by atoms with van der Waals surface area (Å²) < 4.78 is 26.1. The van der Waals surface area contributed by atoms with Crippen LogP contribution in [-0.2, 0) is 10.0 Å². The second kappa shape index (κ2) is 8.85. The Balaban J connectivity index is 1.69. The van der Waals surface area contributed by atoms with Crippen LogP contribution in [0.5, 0.6) is 0 Å². The van der Waals surface area contributed by atoms with Gasteiger partial charge in [0.25, 0.3) is 17.7 Å². The lowest BCUT2D eigenvalue weighted by Crippen LogP contribution is -2.51. The van der Waals surface area contributed by atoms with Gasteiger partial charge >= 0.3 is 0 Å². The number of carbonyl (C=O) groups excluding carboxylic acids is 3. The quantitative estimate of drug-likeness (QED) is 0.609. The van der Waals surface area contributed by atoms with E-state index >= 15 is 0 Å². The van der Waals surface area contributed by atoms with E-state index in [2.05, 4.69) is 0 Å². The van der Waals surface area contributed by atoms with Crippen LogP contribution in [0.4, 0.5) is 0 Å². The summed E-state index contributed by atoms with van der Waals surface area (Å²) in [5, 5.41) is 0. The molecule has 9 heteroatoms. The van der Waals surface area contributed by atoms with E-state index < -0.39 is 10.0 Å². The van der Waals surface area contributed by atoms with Gasteiger partial charge in [-0.3, -0.25) is 19.3 Å². The van der Waals surface area contributed by atoms with Crippen LogP contribution in [0.15, 0.2) is 18.2 Å². The number of fused-ring (bicyclic) bond motifs is 1. The Morgan fingerprint density at radius 3 is 2.27 bits per heavy atom. The molecule has 1 fully saturated rings. The monoisotopic (exact) mass is 435 g/mol. The summed E-state index contributed by atoms with van der Waals surface area (Å²) in [5.41, 5.74) is 0.917. The Labute approximate surface area is 177 Å². The molecule has 0 spiro atoms. The molecule has 164 valence electrons. The summed E-state index contributed by atoms with van der Waals surface area (Å²) >= 11 is 0. The summed E-state index contributed by atoms with van der Waals surface area (Å²) in [6, 6.07) is 4.59. The Bertz CT molecular complexity index is 949. The Morgan fingerprint density at radius 1 is 1.03 bits per heavy atom. The van der Waals surface area contributed by atoms with E-state index in [4.69, 9.17) is 0 Å². The van der Waals surface area contributed by atoms with Crippen LogP contribution in [0.25, 0.3) is 0 Å². The molecule has 3 amide bonds. The molecule has 1 saturated heterocycles. The third-order valence-electron chi connectivity index (χ3n) is 5.44. The van der Waals surface area contributed by atoms with E-state index in [1.165, 1.54) is 21.3 Å². The summed E-state index contributed by atoms with van der Waals surface area (Å²) in [4.78, 5) is 40.9. The van der Waals surface area contributed by atoms with Crippen LogP contribution in [0, 0.1) is 5.92 Å². The molecule has 0 saturated carbocycles. The molecule has 30 heavy (non-hydrogen) atoms. The summed E-state index contributed by atoms with van der Waals surface area (Å²) in [6.45, 7) is 7.28. The van der Waals surface area contributed by atoms with E-state index in [0.29, 0.717) is 37.2 Å². The molecule has 0 aliphatic carbocycles. The van der Waals surface area contributed by atoms with Crippen LogP contribution < -0.4 is 0 Å². The number of hydrogen-bond acceptors (Lipinski definition) is 5. The normalized spacial score (nSPS) is 17.7. The van der Waals surface area contributed by atoms with Crippen molar-refractivity contribution < 1.29 is 22.8 Å². The minimum Gasteiger partial charge on any atom is -0.336 e. The number of hydrogen-bond donors (Lipinski definition) is 0. The third-order valence-corrected chi connectivity index (χ3v) is 7.40. The first-order valence-electron chi connectivity index (χ1n) is 10.4. The maximum absolute atomic E-state index is 12.9. The molecular weight excluding hydrogens is 406 g/mol. The zero-order chi connectivity index (χ0) is 22.1. The lowest BCUT2D eigenvalue weighted by atomic mass is 10.0. The van der Waals surface area contributed by atoms with E-state index in [0.717, 1.165) is 6.42 Å². The van der Waals surface area contributed by atoms with E-state index in [1.54, 1.807) is 11.0 Å². The molecule has 1 aromatic carbocycles. The molecule has 0 aromatic heterocycles. The molecule has 1 aromatic rings. The maximum Gasteiger partial charge on any atom is 0.261 e. The van der Waals surface area contributed by atoms with Gasteiger partial charge in [0.2, 0.25) is 10.0 Å². The SMILES string of the molecule is CCCCS(=O)(=O)N1CCN(C(=O)c2ccc3c(c2)C(=O)N(CC(C)C)C3=O)CC1. The van der Waals surface area contributed by atoms with E-state index in [9.17, 15) is 22.8 Å². The van der Waals surface area contributed by atoms with Gasteiger partial charge in [-0.25, -0.2) is 8.42 Å². The lowest BCUT2D eigenvalue weighted by molar-refractivity contribution is 0.0635. The third kappa shape index (κ3) is 4.41. The summed E-state index contributed by atoms with van der Waals surface area (Å²) in [5.74, 6) is -0.673. The molecule has 0 unspecified atom stereocenters. The van der Waals surface area contributed by atoms with Crippen LogP contribution in [0.3, 0.4) is 0 Å². The fourth-order valence-corrected chi connectivity index (χ4v) is 5.39. The first-order chi connectivity index (χ1) is 14.2. The number of carbonyl (C=O) groups is 3. The standard InChI is InChI=1S/C21H29N3O5S/c1-4-5-12-30(28,29)23-10-8-22(9-11-23)19(25)16-6-7-17-18(13-16)21(27)24(20(17)26)14-15(2)3/h6-7,13,15H,4-5,8-12,14H2,1-3H3. The van der Waals surface area contributed by atoms with Gasteiger partial charge in [-0.05, 0) is 30.5 Å². The second-order valence-corrected chi connectivity index (χ2v) is 10.3. The van der Waals surface area contributed by atoms with Crippen LogP contribution >= 0.6 is 0 Å². The van der Waals surface area contributed by atoms with Gasteiger partial charge in [0.05, 0.1) is 16.9 Å². The number of sulfonamides is 1. The van der Waals surface area contributed by atoms with Crippen molar-refractivity contribution in [2.24, 2.45) is 5.92 Å². The van der Waals surface area contributed by atoms with Crippen LogP contribution in [0.2, 0.25) is 0 Å². The topological polar surface area (TPSA) is 95.1 Å². The first kappa shape index (κ1) is 22.4. The molecule has 0 bridgehead atoms. The Morgan fingerprint density at radius 2 is 1.67 bits per heavy atom. The van der Waals surface area contributed by atoms with Crippen molar-refractivity contribution in [1.29, 1.82) is 0 Å². The van der Waals surface area contributed by atoms with Crippen molar-refractivity contribution in [2.45, 2.75) is 33.6 Å². The molecule has 2 aliphatic rings. The highest BCUT2D eigenvalue weighted by molar-refractivity contribution is 7.89. The second-order valence-electron chi connectivity index (χ2n) is 8.24. The smallest absolute Gasteiger partial charge is 0.261 e. The van der Waals surface area contributed by atoms with Crippen molar-refractivity contribution in [3.63, 3.8) is 0 Å². The molecule has 0 atom stereocenters. The summed E-state index contributed by atoms with van der Waals surface area (Å²) in [7, 11) is -3.29. The van der Waals surface area contributed by atoms with Gasteiger partial charge in [0.15, 0.2) is 0 Å². The Kier molecular flexibility index (Phi) is 6.62. The zero-order valence-corrected chi connectivity index (χ0v) is 18.6. The van der Waals surface area contributed by atoms with Crippen LogP contribution in [-0.4, -0.2) is 78.7 Å². The minimum absolute atomic E-state index is 0.130. The highest BCUT2D eigenvalue weighted by Gasteiger charge is 2.37. The van der Waals surface area contributed by atoms with Gasteiger partial charge in [-0.2, -0.15) is 4.31 Å². The number of imide groups is 1. The average Bonchev–Trinajstić information content (AvgIpc) is 2.96. The maximum atomic E-state index is 12.9. The van der Waals surface area contributed by atoms with Crippen molar-refractivity contribution >= 4 is 27.7 Å². The van der Waals surface area contributed by atoms with Gasteiger partial charge in [-0.15, -0.1) is 0 Å². The van der Waals surface area contributed by atoms with E-state index in [1.807, 2.05) is 20.8 Å². The number of benzene rings is 1. The number of piperazine rings is 1. The molecule has 0 radical (unpaired) electrons. The molecule has 0 N–H and O–H groups in total. The largest absolute Gasteiger partial charge is 0.336 e. The van der Waals surface area contributed by atoms with E-state index in [-0.39, 0.29) is 48.0 Å². The first-order valence-corrected chi connectivity index (χ1v) is 12.0. The van der Waals surface area contributed by atoms with Gasteiger partial charge in [0.1, 0.15) is 0 Å². The molecular formula is C21H29N3O5S. The van der Waals surface area contributed by atoms with Crippen molar-refractivity contribution in [2.75, 3.05) is 38.5 Å². The van der Waals surface area contributed by atoms with Gasteiger partial charge in [0, 0.05) is 38.3 Å².